The van der Waals surface area contributed by atoms with E-state index in [2.05, 4.69) is 52.4 Å². The fraction of sp³-hybridized carbons (Fsp3) is 0.400. The van der Waals surface area contributed by atoms with Crippen molar-refractivity contribution in [2.24, 2.45) is 0 Å². The zero-order valence-corrected chi connectivity index (χ0v) is 15.2. The molecule has 0 saturated heterocycles. The second kappa shape index (κ2) is 5.99. The molecule has 1 atom stereocenters. The van der Waals surface area contributed by atoms with Gasteiger partial charge in [-0.15, -0.1) is 21.5 Å². The molecule has 0 amide bonds. The van der Waals surface area contributed by atoms with Crippen molar-refractivity contribution in [3.8, 4) is 10.8 Å². The second-order valence-corrected chi connectivity index (χ2v) is 8.21. The van der Waals surface area contributed by atoms with E-state index >= 15 is 0 Å². The van der Waals surface area contributed by atoms with Crippen LogP contribution in [0, 0.1) is 0 Å². The van der Waals surface area contributed by atoms with Gasteiger partial charge in [0, 0.05) is 16.6 Å². The van der Waals surface area contributed by atoms with Crippen LogP contribution in [0.1, 0.15) is 41.7 Å². The molecule has 1 unspecified atom stereocenters. The van der Waals surface area contributed by atoms with E-state index in [1.165, 1.54) is 47.4 Å². The van der Waals surface area contributed by atoms with Gasteiger partial charge in [0.1, 0.15) is 0 Å². The van der Waals surface area contributed by atoms with Crippen molar-refractivity contribution in [2.45, 2.75) is 51.6 Å². The van der Waals surface area contributed by atoms with Gasteiger partial charge in [-0.25, -0.2) is 0 Å². The Morgan fingerprint density at radius 1 is 1.16 bits per heavy atom. The Morgan fingerprint density at radius 3 is 2.96 bits per heavy atom. The molecule has 0 saturated carbocycles. The fourth-order valence-corrected chi connectivity index (χ4v) is 5.20. The molecule has 5 rings (SSSR count). The Hall–Kier alpha value is -2.14. The Labute approximate surface area is 151 Å². The van der Waals surface area contributed by atoms with Gasteiger partial charge in [0.2, 0.25) is 5.89 Å². The van der Waals surface area contributed by atoms with E-state index in [0.717, 1.165) is 11.3 Å². The first-order valence-corrected chi connectivity index (χ1v) is 9.88. The second-order valence-electron chi connectivity index (χ2n) is 7.08. The molecule has 0 bridgehead atoms. The zero-order chi connectivity index (χ0) is 16.8. The monoisotopic (exact) mass is 351 g/mol. The van der Waals surface area contributed by atoms with Crippen LogP contribution in [0.15, 0.2) is 34.7 Å². The van der Waals surface area contributed by atoms with Crippen molar-refractivity contribution in [3.05, 3.63) is 52.2 Å². The zero-order valence-electron chi connectivity index (χ0n) is 14.4. The maximum atomic E-state index is 6.02. The fourth-order valence-electron chi connectivity index (χ4n) is 4.03. The molecule has 2 aliphatic rings. The van der Waals surface area contributed by atoms with Crippen LogP contribution >= 0.6 is 11.3 Å². The van der Waals surface area contributed by atoms with Crippen LogP contribution in [0.4, 0.5) is 5.69 Å². The minimum absolute atomic E-state index is 0.460. The molecule has 2 aromatic heterocycles. The van der Waals surface area contributed by atoms with Gasteiger partial charge < -0.3 is 9.32 Å². The number of para-hydroxylation sites is 1. The molecule has 1 aromatic carbocycles. The Morgan fingerprint density at radius 2 is 2.04 bits per heavy atom. The first kappa shape index (κ1) is 15.1. The lowest BCUT2D eigenvalue weighted by atomic mass is 9.99. The van der Waals surface area contributed by atoms with Crippen molar-refractivity contribution < 1.29 is 4.42 Å². The normalized spacial score (nSPS) is 19.1. The Bertz CT molecular complexity index is 890. The topological polar surface area (TPSA) is 42.2 Å². The molecular formula is C20H21N3OS. The summed E-state index contributed by atoms with van der Waals surface area (Å²) < 4.78 is 6.02. The summed E-state index contributed by atoms with van der Waals surface area (Å²) >= 11 is 1.82. The third-order valence-electron chi connectivity index (χ3n) is 5.33. The third-order valence-corrected chi connectivity index (χ3v) is 6.55. The van der Waals surface area contributed by atoms with Crippen LogP contribution in [0.25, 0.3) is 10.8 Å². The molecule has 0 fully saturated rings. The average Bonchev–Trinajstić information content (AvgIpc) is 3.33. The molecule has 25 heavy (non-hydrogen) atoms. The largest absolute Gasteiger partial charge is 0.418 e. The van der Waals surface area contributed by atoms with Gasteiger partial charge in [-0.05, 0) is 62.3 Å². The lowest BCUT2D eigenvalue weighted by Crippen LogP contribution is -2.28. The summed E-state index contributed by atoms with van der Waals surface area (Å²) in [6.07, 6.45) is 6.06. The number of aromatic nitrogens is 2. The van der Waals surface area contributed by atoms with Gasteiger partial charge in [-0.2, -0.15) is 0 Å². The van der Waals surface area contributed by atoms with Crippen molar-refractivity contribution in [1.82, 2.24) is 10.2 Å². The van der Waals surface area contributed by atoms with Crippen LogP contribution in [0.3, 0.4) is 0 Å². The van der Waals surface area contributed by atoms with E-state index < -0.39 is 0 Å². The molecule has 5 heteroatoms. The summed E-state index contributed by atoms with van der Waals surface area (Å²) in [4.78, 5) is 5.00. The van der Waals surface area contributed by atoms with Crippen LogP contribution in [0.5, 0.6) is 0 Å². The van der Waals surface area contributed by atoms with Crippen LogP contribution in [-0.4, -0.2) is 16.2 Å². The summed E-state index contributed by atoms with van der Waals surface area (Å²) in [5, 5.41) is 8.64. The minimum atomic E-state index is 0.460. The minimum Gasteiger partial charge on any atom is -0.418 e. The number of aryl methyl sites for hydroxylation is 2. The summed E-state index contributed by atoms with van der Waals surface area (Å²) in [7, 11) is 0. The van der Waals surface area contributed by atoms with E-state index in [1.54, 1.807) is 0 Å². The maximum absolute atomic E-state index is 6.02. The van der Waals surface area contributed by atoms with E-state index in [1.807, 2.05) is 11.3 Å². The number of rotatable bonds is 3. The first-order chi connectivity index (χ1) is 12.3. The molecule has 3 heterocycles. The van der Waals surface area contributed by atoms with Gasteiger partial charge in [0.15, 0.2) is 0 Å². The van der Waals surface area contributed by atoms with Crippen LogP contribution in [0.2, 0.25) is 0 Å². The molecule has 1 aliphatic heterocycles. The molecule has 0 radical (unpaired) electrons. The van der Waals surface area contributed by atoms with Gasteiger partial charge in [-0.1, -0.05) is 18.2 Å². The maximum Gasteiger partial charge on any atom is 0.257 e. The van der Waals surface area contributed by atoms with E-state index in [9.17, 15) is 0 Å². The Kier molecular flexibility index (Phi) is 3.63. The summed E-state index contributed by atoms with van der Waals surface area (Å²) in [6, 6.07) is 11.3. The standard InChI is InChI=1S/C20H21N3OS/c1-13-10-14-6-2-4-8-16(14)23(13)12-19-21-22-20(24-19)18-11-15-7-3-5-9-17(15)25-18/h2,4,6,8,11,13H,3,5,7,9-10,12H2,1H3. The van der Waals surface area contributed by atoms with E-state index in [-0.39, 0.29) is 0 Å². The number of hydrogen-bond donors (Lipinski definition) is 0. The Balaban J connectivity index is 1.39. The smallest absolute Gasteiger partial charge is 0.257 e. The predicted octanol–water partition coefficient (Wildman–Crippen LogP) is 4.63. The molecule has 0 spiro atoms. The highest BCUT2D eigenvalue weighted by atomic mass is 32.1. The summed E-state index contributed by atoms with van der Waals surface area (Å²) in [6.45, 7) is 2.93. The molecular weight excluding hydrogens is 330 g/mol. The number of benzene rings is 1. The number of hydrogen-bond acceptors (Lipinski definition) is 5. The predicted molar refractivity (Wildman–Crippen MR) is 100 cm³/mol. The van der Waals surface area contributed by atoms with Gasteiger partial charge in [0.05, 0.1) is 11.4 Å². The highest BCUT2D eigenvalue weighted by Gasteiger charge is 2.27. The number of thiophene rings is 1. The van der Waals surface area contributed by atoms with Crippen molar-refractivity contribution >= 4 is 17.0 Å². The number of nitrogens with zero attached hydrogens (tertiary/aromatic N) is 3. The molecule has 4 nitrogen and oxygen atoms in total. The molecule has 3 aromatic rings. The lowest BCUT2D eigenvalue weighted by Gasteiger charge is -2.22. The van der Waals surface area contributed by atoms with Crippen LogP contribution in [-0.2, 0) is 25.8 Å². The SMILES string of the molecule is CC1Cc2ccccc2N1Cc1nnc(-c2cc3c(s2)CCCC3)o1. The summed E-state index contributed by atoms with van der Waals surface area (Å²) in [5.74, 6) is 1.37. The van der Waals surface area contributed by atoms with Crippen LogP contribution < -0.4 is 4.90 Å². The highest BCUT2D eigenvalue weighted by Crippen LogP contribution is 2.36. The van der Waals surface area contributed by atoms with Gasteiger partial charge in [-0.3, -0.25) is 0 Å². The quantitative estimate of drug-likeness (QED) is 0.690. The third kappa shape index (κ3) is 2.67. The number of fused-ring (bicyclic) bond motifs is 2. The summed E-state index contributed by atoms with van der Waals surface area (Å²) in [5.41, 5.74) is 4.18. The lowest BCUT2D eigenvalue weighted by molar-refractivity contribution is 0.489. The number of anilines is 1. The van der Waals surface area contributed by atoms with Crippen molar-refractivity contribution in [2.75, 3.05) is 4.90 Å². The first-order valence-electron chi connectivity index (χ1n) is 9.07. The van der Waals surface area contributed by atoms with Crippen molar-refractivity contribution in [3.63, 3.8) is 0 Å². The molecule has 0 N–H and O–H groups in total. The van der Waals surface area contributed by atoms with Gasteiger partial charge >= 0.3 is 0 Å². The van der Waals surface area contributed by atoms with E-state index in [4.69, 9.17) is 4.42 Å². The highest BCUT2D eigenvalue weighted by molar-refractivity contribution is 7.15. The van der Waals surface area contributed by atoms with Crippen molar-refractivity contribution in [1.29, 1.82) is 0 Å². The molecule has 128 valence electrons. The average molecular weight is 351 g/mol. The molecule has 1 aliphatic carbocycles. The van der Waals surface area contributed by atoms with Gasteiger partial charge in [0.25, 0.3) is 5.89 Å². The van der Waals surface area contributed by atoms with E-state index in [0.29, 0.717) is 24.4 Å².